The first kappa shape index (κ1) is 15.4. The van der Waals surface area contributed by atoms with Crippen LogP contribution in [-0.4, -0.2) is 23.3 Å². The van der Waals surface area contributed by atoms with E-state index in [1.165, 1.54) is 12.8 Å². The van der Waals surface area contributed by atoms with Crippen molar-refractivity contribution in [1.29, 1.82) is 0 Å². The van der Waals surface area contributed by atoms with Crippen molar-refractivity contribution in [3.8, 4) is 0 Å². The summed E-state index contributed by atoms with van der Waals surface area (Å²) < 4.78 is 11.2. The van der Waals surface area contributed by atoms with Gasteiger partial charge in [0.05, 0.1) is 0 Å². The number of ether oxygens (including phenoxy) is 1. The Hall–Kier alpha value is -0.940. The van der Waals surface area contributed by atoms with Gasteiger partial charge in [-0.15, -0.1) is 0 Å². The second-order valence-electron chi connectivity index (χ2n) is 5.68. The molecule has 1 aliphatic carbocycles. The van der Waals surface area contributed by atoms with Crippen molar-refractivity contribution in [1.82, 2.24) is 10.1 Å². The molecule has 1 fully saturated rings. The van der Waals surface area contributed by atoms with Crippen molar-refractivity contribution in [3.63, 3.8) is 0 Å². The van der Waals surface area contributed by atoms with Gasteiger partial charge in [-0.2, -0.15) is 4.98 Å². The Morgan fingerprint density at radius 3 is 2.65 bits per heavy atom. The first-order valence-corrected chi connectivity index (χ1v) is 7.93. The zero-order chi connectivity index (χ0) is 14.4. The van der Waals surface area contributed by atoms with Gasteiger partial charge in [-0.3, -0.25) is 0 Å². The summed E-state index contributed by atoms with van der Waals surface area (Å²) in [6, 6.07) is 0. The van der Waals surface area contributed by atoms with E-state index in [-0.39, 0.29) is 6.10 Å². The van der Waals surface area contributed by atoms with Crippen LogP contribution in [0.25, 0.3) is 0 Å². The van der Waals surface area contributed by atoms with Crippen LogP contribution < -0.4 is 5.73 Å². The molecule has 0 aromatic carbocycles. The van der Waals surface area contributed by atoms with Gasteiger partial charge in [-0.25, -0.2) is 0 Å². The highest BCUT2D eigenvalue weighted by Gasteiger charge is 2.27. The lowest BCUT2D eigenvalue weighted by Gasteiger charge is -2.25. The van der Waals surface area contributed by atoms with Crippen molar-refractivity contribution >= 4 is 0 Å². The Bertz CT molecular complexity index is 380. The maximum atomic E-state index is 5.73. The van der Waals surface area contributed by atoms with Crippen molar-refractivity contribution < 1.29 is 9.26 Å². The van der Waals surface area contributed by atoms with Crippen LogP contribution in [0.1, 0.15) is 76.1 Å². The van der Waals surface area contributed by atoms with Crippen molar-refractivity contribution in [2.24, 2.45) is 11.7 Å². The van der Waals surface area contributed by atoms with E-state index in [2.05, 4.69) is 17.1 Å². The van der Waals surface area contributed by atoms with Crippen LogP contribution in [0.3, 0.4) is 0 Å². The van der Waals surface area contributed by atoms with Gasteiger partial charge in [0, 0.05) is 12.5 Å². The molecule has 0 amide bonds. The van der Waals surface area contributed by atoms with Crippen LogP contribution in [0.2, 0.25) is 0 Å². The number of nitrogens with two attached hydrogens (primary N) is 1. The lowest BCUT2D eigenvalue weighted by atomic mass is 9.82. The lowest BCUT2D eigenvalue weighted by Crippen LogP contribution is -2.20. The second kappa shape index (κ2) is 7.74. The summed E-state index contributed by atoms with van der Waals surface area (Å²) in [5, 5.41) is 4.13. The summed E-state index contributed by atoms with van der Waals surface area (Å²) in [6.45, 7) is 5.61. The lowest BCUT2D eigenvalue weighted by molar-refractivity contribution is 0.0477. The molecule has 1 saturated carbocycles. The molecule has 1 aliphatic rings. The Kier molecular flexibility index (Phi) is 5.98. The van der Waals surface area contributed by atoms with Crippen LogP contribution in [0.5, 0.6) is 0 Å². The molecule has 2 N–H and O–H groups in total. The first-order chi connectivity index (χ1) is 9.78. The molecule has 1 aromatic heterocycles. The number of hydrogen-bond donors (Lipinski definition) is 1. The standard InChI is InChI=1S/C15H27N3O2/c1-3-5-13(19-4-2)14-17-15(20-18-14)12-8-6-11(10-16)7-9-12/h11-13H,3-10,16H2,1-2H3. The monoisotopic (exact) mass is 281 g/mol. The van der Waals surface area contributed by atoms with E-state index < -0.39 is 0 Å². The summed E-state index contributed by atoms with van der Waals surface area (Å²) in [5.41, 5.74) is 5.73. The smallest absolute Gasteiger partial charge is 0.229 e. The van der Waals surface area contributed by atoms with Crippen LogP contribution in [0.15, 0.2) is 4.52 Å². The quantitative estimate of drug-likeness (QED) is 0.830. The Morgan fingerprint density at radius 1 is 1.30 bits per heavy atom. The summed E-state index contributed by atoms with van der Waals surface area (Å²) in [4.78, 5) is 4.59. The van der Waals surface area contributed by atoms with Gasteiger partial charge in [-0.05, 0) is 51.5 Å². The topological polar surface area (TPSA) is 74.2 Å². The molecule has 0 spiro atoms. The van der Waals surface area contributed by atoms with Gasteiger partial charge in [0.15, 0.2) is 0 Å². The maximum absolute atomic E-state index is 5.73. The van der Waals surface area contributed by atoms with E-state index >= 15 is 0 Å². The highest BCUT2D eigenvalue weighted by atomic mass is 16.5. The zero-order valence-corrected chi connectivity index (χ0v) is 12.7. The molecular weight excluding hydrogens is 254 g/mol. The minimum atomic E-state index is -0.0251. The van der Waals surface area contributed by atoms with Gasteiger partial charge in [0.1, 0.15) is 6.10 Å². The molecule has 5 heteroatoms. The molecule has 0 bridgehead atoms. The summed E-state index contributed by atoms with van der Waals surface area (Å²) >= 11 is 0. The van der Waals surface area contributed by atoms with E-state index in [1.54, 1.807) is 0 Å². The molecule has 1 aromatic rings. The fraction of sp³-hybridized carbons (Fsp3) is 0.867. The third-order valence-corrected chi connectivity index (χ3v) is 4.19. The minimum absolute atomic E-state index is 0.0251. The van der Waals surface area contributed by atoms with Gasteiger partial charge in [0.2, 0.25) is 11.7 Å². The first-order valence-electron chi connectivity index (χ1n) is 7.93. The third kappa shape index (κ3) is 3.79. The van der Waals surface area contributed by atoms with Gasteiger partial charge in [-0.1, -0.05) is 18.5 Å². The fourth-order valence-corrected chi connectivity index (χ4v) is 2.94. The zero-order valence-electron chi connectivity index (χ0n) is 12.7. The van der Waals surface area contributed by atoms with E-state index in [0.29, 0.717) is 24.3 Å². The van der Waals surface area contributed by atoms with Crippen molar-refractivity contribution in [2.75, 3.05) is 13.2 Å². The fourth-order valence-electron chi connectivity index (χ4n) is 2.94. The number of hydrogen-bond acceptors (Lipinski definition) is 5. The highest BCUT2D eigenvalue weighted by molar-refractivity contribution is 4.98. The van der Waals surface area contributed by atoms with E-state index in [4.69, 9.17) is 15.0 Å². The van der Waals surface area contributed by atoms with Crippen molar-refractivity contribution in [3.05, 3.63) is 11.7 Å². The number of aromatic nitrogens is 2. The highest BCUT2D eigenvalue weighted by Crippen LogP contribution is 2.35. The third-order valence-electron chi connectivity index (χ3n) is 4.19. The molecule has 114 valence electrons. The minimum Gasteiger partial charge on any atom is -0.370 e. The molecule has 1 atom stereocenters. The van der Waals surface area contributed by atoms with Crippen LogP contribution in [0, 0.1) is 5.92 Å². The van der Waals surface area contributed by atoms with Gasteiger partial charge >= 0.3 is 0 Å². The molecule has 20 heavy (non-hydrogen) atoms. The molecule has 0 saturated heterocycles. The largest absolute Gasteiger partial charge is 0.370 e. The van der Waals surface area contributed by atoms with Crippen LogP contribution >= 0.6 is 0 Å². The summed E-state index contributed by atoms with van der Waals surface area (Å²) in [5.74, 6) is 2.58. The predicted molar refractivity (Wildman–Crippen MR) is 77.3 cm³/mol. The number of rotatable bonds is 7. The Labute approximate surface area is 121 Å². The van der Waals surface area contributed by atoms with E-state index in [1.807, 2.05) is 6.92 Å². The van der Waals surface area contributed by atoms with Crippen LogP contribution in [-0.2, 0) is 4.74 Å². The second-order valence-corrected chi connectivity index (χ2v) is 5.68. The normalized spacial score (nSPS) is 24.8. The molecule has 2 rings (SSSR count). The summed E-state index contributed by atoms with van der Waals surface area (Å²) in [6.07, 6.45) is 6.52. The SMILES string of the molecule is CCCC(OCC)c1noc(C2CCC(CN)CC2)n1. The van der Waals surface area contributed by atoms with E-state index in [0.717, 1.165) is 38.1 Å². The maximum Gasteiger partial charge on any atom is 0.229 e. The molecule has 1 heterocycles. The van der Waals surface area contributed by atoms with Crippen molar-refractivity contribution in [2.45, 2.75) is 64.4 Å². The van der Waals surface area contributed by atoms with Gasteiger partial charge in [0.25, 0.3) is 0 Å². The average Bonchev–Trinajstić information content (AvgIpc) is 2.97. The molecule has 5 nitrogen and oxygen atoms in total. The van der Waals surface area contributed by atoms with E-state index in [9.17, 15) is 0 Å². The average molecular weight is 281 g/mol. The predicted octanol–water partition coefficient (Wildman–Crippen LogP) is 3.18. The van der Waals surface area contributed by atoms with Crippen LogP contribution in [0.4, 0.5) is 0 Å². The molecule has 1 unspecified atom stereocenters. The summed E-state index contributed by atoms with van der Waals surface area (Å²) in [7, 11) is 0. The van der Waals surface area contributed by atoms with Gasteiger partial charge < -0.3 is 15.0 Å². The number of nitrogens with zero attached hydrogens (tertiary/aromatic N) is 2. The Balaban J connectivity index is 1.97. The molecule has 0 radical (unpaired) electrons. The Morgan fingerprint density at radius 2 is 2.05 bits per heavy atom. The molecular formula is C15H27N3O2. The molecule has 0 aliphatic heterocycles.